The van der Waals surface area contributed by atoms with Gasteiger partial charge in [0.15, 0.2) is 0 Å². The van der Waals surface area contributed by atoms with Crippen LogP contribution in [0.25, 0.3) is 0 Å². The average molecular weight is 228 g/mol. The predicted octanol–water partition coefficient (Wildman–Crippen LogP) is 0.150. The molecule has 0 aromatic heterocycles. The molecule has 0 aromatic rings. The fraction of sp³-hybridized carbons (Fsp3) is 0.818. The van der Waals surface area contributed by atoms with Gasteiger partial charge in [0, 0.05) is 13.7 Å². The number of carbonyl (C=O) groups is 2. The molecule has 0 atom stereocenters. The van der Waals surface area contributed by atoms with Crippen LogP contribution in [0.15, 0.2) is 0 Å². The molecule has 1 N–H and O–H groups in total. The number of nitrogens with one attached hydrogen (secondary N) is 1. The van der Waals surface area contributed by atoms with Crippen LogP contribution in [0.2, 0.25) is 0 Å². The highest BCUT2D eigenvalue weighted by Gasteiger charge is 2.43. The Balaban J connectivity index is 2.80. The molecule has 16 heavy (non-hydrogen) atoms. The number of amides is 2. The van der Waals surface area contributed by atoms with E-state index in [0.29, 0.717) is 26.0 Å². The first-order valence-corrected chi connectivity index (χ1v) is 5.69. The summed E-state index contributed by atoms with van der Waals surface area (Å²) in [6.07, 6.45) is 1.25. The van der Waals surface area contributed by atoms with Gasteiger partial charge in [0.25, 0.3) is 0 Å². The van der Waals surface area contributed by atoms with Crippen LogP contribution in [0.1, 0.15) is 26.7 Å². The van der Waals surface area contributed by atoms with E-state index in [1.807, 2.05) is 13.8 Å². The van der Waals surface area contributed by atoms with E-state index in [0.717, 1.165) is 0 Å². The number of carbonyl (C=O) groups excluding carboxylic acids is 2. The molecule has 0 radical (unpaired) electrons. The second kappa shape index (κ2) is 5.30. The van der Waals surface area contributed by atoms with Crippen LogP contribution in [0.4, 0.5) is 0 Å². The molecule has 0 bridgehead atoms. The minimum absolute atomic E-state index is 0.00847. The average Bonchev–Trinajstić information content (AvgIpc) is 2.30. The summed E-state index contributed by atoms with van der Waals surface area (Å²) in [5.74, 6) is -0.0754. The monoisotopic (exact) mass is 228 g/mol. The first kappa shape index (κ1) is 13.0. The van der Waals surface area contributed by atoms with E-state index in [1.165, 1.54) is 0 Å². The first-order chi connectivity index (χ1) is 7.59. The molecule has 0 unspecified atom stereocenters. The van der Waals surface area contributed by atoms with E-state index in [1.54, 1.807) is 12.0 Å². The second-order valence-electron chi connectivity index (χ2n) is 4.06. The van der Waals surface area contributed by atoms with Gasteiger partial charge in [-0.05, 0) is 12.8 Å². The molecule has 5 heteroatoms. The van der Waals surface area contributed by atoms with E-state index >= 15 is 0 Å². The van der Waals surface area contributed by atoms with Gasteiger partial charge in [0.2, 0.25) is 11.8 Å². The summed E-state index contributed by atoms with van der Waals surface area (Å²) in [4.78, 5) is 25.4. The molecule has 5 nitrogen and oxygen atoms in total. The summed E-state index contributed by atoms with van der Waals surface area (Å²) in [6, 6.07) is 0. The third-order valence-corrected chi connectivity index (χ3v) is 3.18. The SMILES string of the molecule is CCC1(CC)NC(=O)CN(CCOC)C1=O. The molecule has 0 aliphatic carbocycles. The van der Waals surface area contributed by atoms with Crippen molar-refractivity contribution in [3.63, 3.8) is 0 Å². The van der Waals surface area contributed by atoms with Crippen LogP contribution < -0.4 is 5.32 Å². The number of rotatable bonds is 5. The predicted molar refractivity (Wildman–Crippen MR) is 59.9 cm³/mol. The van der Waals surface area contributed by atoms with Crippen molar-refractivity contribution in [3.05, 3.63) is 0 Å². The van der Waals surface area contributed by atoms with Gasteiger partial charge in [-0.25, -0.2) is 0 Å². The lowest BCUT2D eigenvalue weighted by Crippen LogP contribution is -2.66. The van der Waals surface area contributed by atoms with Crippen LogP contribution in [-0.4, -0.2) is 49.1 Å². The van der Waals surface area contributed by atoms with E-state index in [4.69, 9.17) is 4.74 Å². The number of piperazine rings is 1. The summed E-state index contributed by atoms with van der Waals surface area (Å²) in [6.45, 7) is 4.92. The normalized spacial score (nSPS) is 19.8. The largest absolute Gasteiger partial charge is 0.383 e. The zero-order valence-electron chi connectivity index (χ0n) is 10.2. The Morgan fingerprint density at radius 1 is 1.38 bits per heavy atom. The molecular weight excluding hydrogens is 208 g/mol. The van der Waals surface area contributed by atoms with Crippen LogP contribution in [0, 0.1) is 0 Å². The third-order valence-electron chi connectivity index (χ3n) is 3.18. The Bertz CT molecular complexity index is 274. The summed E-state index contributed by atoms with van der Waals surface area (Å²) < 4.78 is 4.94. The van der Waals surface area contributed by atoms with Crippen LogP contribution in [0.3, 0.4) is 0 Å². The molecule has 1 aliphatic heterocycles. The van der Waals surface area contributed by atoms with Gasteiger partial charge < -0.3 is 15.0 Å². The standard InChI is InChI=1S/C11H20N2O3/c1-4-11(5-2)10(15)13(6-7-16-3)8-9(14)12-11/h4-8H2,1-3H3,(H,12,14). The topological polar surface area (TPSA) is 58.6 Å². The maximum absolute atomic E-state index is 12.2. The Morgan fingerprint density at radius 3 is 2.50 bits per heavy atom. The van der Waals surface area contributed by atoms with E-state index < -0.39 is 5.54 Å². The van der Waals surface area contributed by atoms with Gasteiger partial charge in [-0.3, -0.25) is 9.59 Å². The summed E-state index contributed by atoms with van der Waals surface area (Å²) >= 11 is 0. The molecule has 2 amide bonds. The smallest absolute Gasteiger partial charge is 0.248 e. The van der Waals surface area contributed by atoms with Gasteiger partial charge >= 0.3 is 0 Å². The summed E-state index contributed by atoms with van der Waals surface area (Å²) in [7, 11) is 1.58. The Kier molecular flexibility index (Phi) is 4.29. The number of hydrogen-bond acceptors (Lipinski definition) is 3. The first-order valence-electron chi connectivity index (χ1n) is 5.69. The van der Waals surface area contributed by atoms with Crippen molar-refractivity contribution < 1.29 is 14.3 Å². The number of nitrogens with zero attached hydrogens (tertiary/aromatic N) is 1. The maximum Gasteiger partial charge on any atom is 0.248 e. The molecule has 1 fully saturated rings. The van der Waals surface area contributed by atoms with Crippen molar-refractivity contribution >= 4 is 11.8 Å². The highest BCUT2D eigenvalue weighted by Crippen LogP contribution is 2.21. The van der Waals surface area contributed by atoms with E-state index in [-0.39, 0.29) is 18.4 Å². The van der Waals surface area contributed by atoms with Crippen molar-refractivity contribution in [1.82, 2.24) is 10.2 Å². The maximum atomic E-state index is 12.2. The van der Waals surface area contributed by atoms with Crippen LogP contribution in [0.5, 0.6) is 0 Å². The lowest BCUT2D eigenvalue weighted by Gasteiger charge is -2.41. The van der Waals surface area contributed by atoms with Gasteiger partial charge in [-0.2, -0.15) is 0 Å². The fourth-order valence-electron chi connectivity index (χ4n) is 2.02. The number of methoxy groups -OCH3 is 1. The van der Waals surface area contributed by atoms with Gasteiger partial charge in [0.1, 0.15) is 5.54 Å². The molecule has 0 spiro atoms. The zero-order chi connectivity index (χ0) is 12.2. The van der Waals surface area contributed by atoms with Gasteiger partial charge in [-0.1, -0.05) is 13.8 Å². The fourth-order valence-corrected chi connectivity index (χ4v) is 2.02. The van der Waals surface area contributed by atoms with Crippen molar-refractivity contribution in [2.75, 3.05) is 26.8 Å². The number of hydrogen-bond donors (Lipinski definition) is 1. The second-order valence-corrected chi connectivity index (χ2v) is 4.06. The van der Waals surface area contributed by atoms with Crippen LogP contribution >= 0.6 is 0 Å². The van der Waals surface area contributed by atoms with E-state index in [2.05, 4.69) is 5.32 Å². The molecule has 0 aromatic carbocycles. The molecule has 92 valence electrons. The summed E-state index contributed by atoms with van der Waals surface area (Å²) in [5.41, 5.74) is -0.705. The Labute approximate surface area is 96.1 Å². The third kappa shape index (κ3) is 2.35. The molecule has 0 saturated carbocycles. The van der Waals surface area contributed by atoms with Crippen molar-refractivity contribution in [2.24, 2.45) is 0 Å². The van der Waals surface area contributed by atoms with Crippen molar-refractivity contribution in [3.8, 4) is 0 Å². The zero-order valence-corrected chi connectivity index (χ0v) is 10.2. The highest BCUT2D eigenvalue weighted by molar-refractivity contribution is 5.97. The molecule has 1 heterocycles. The van der Waals surface area contributed by atoms with Gasteiger partial charge in [-0.15, -0.1) is 0 Å². The summed E-state index contributed by atoms with van der Waals surface area (Å²) in [5, 5.41) is 2.81. The minimum Gasteiger partial charge on any atom is -0.383 e. The van der Waals surface area contributed by atoms with Crippen LogP contribution in [-0.2, 0) is 14.3 Å². The molecule has 1 saturated heterocycles. The lowest BCUT2D eigenvalue weighted by atomic mass is 9.89. The molecule has 1 rings (SSSR count). The number of ether oxygens (including phenoxy) is 1. The quantitative estimate of drug-likeness (QED) is 0.728. The molecule has 1 aliphatic rings. The van der Waals surface area contributed by atoms with Crippen molar-refractivity contribution in [1.29, 1.82) is 0 Å². The Morgan fingerprint density at radius 2 is 2.00 bits per heavy atom. The minimum atomic E-state index is -0.705. The van der Waals surface area contributed by atoms with Gasteiger partial charge in [0.05, 0.1) is 13.2 Å². The van der Waals surface area contributed by atoms with Crippen molar-refractivity contribution in [2.45, 2.75) is 32.2 Å². The molecular formula is C11H20N2O3. The highest BCUT2D eigenvalue weighted by atomic mass is 16.5. The van der Waals surface area contributed by atoms with E-state index in [9.17, 15) is 9.59 Å². The lowest BCUT2D eigenvalue weighted by molar-refractivity contribution is -0.150. The Hall–Kier alpha value is -1.10.